The van der Waals surface area contributed by atoms with Gasteiger partial charge in [0.1, 0.15) is 17.5 Å². The molecule has 0 aromatic heterocycles. The number of carbonyl (C=O) groups excluding carboxylic acids is 1. The minimum Gasteiger partial charge on any atom is -0.485 e. The number of carbonyl (C=O) groups is 1. The summed E-state index contributed by atoms with van der Waals surface area (Å²) in [7, 11) is 1.88. The quantitative estimate of drug-likeness (QED) is 0.828. The highest BCUT2D eigenvalue weighted by Crippen LogP contribution is 2.45. The number of nitrogens with zero attached hydrogens (tertiary/aromatic N) is 2. The number of hydrogen-bond donors (Lipinski definition) is 1. The standard InChI is InChI=1S/C19H25N3O3/c1-19(2)18(24-10-8-21-3)17(22-9-4-5-16(22)23)14-11-13(12-20)6-7-15(14)25-19/h6-7,11,17-18,21H,4-5,8-10H2,1-3H3/t17?,18-/m0/s1. The molecule has 2 heterocycles. The van der Waals surface area contributed by atoms with E-state index >= 15 is 0 Å². The number of likely N-dealkylation sites (tertiary alicyclic amines) is 1. The second kappa shape index (κ2) is 7.03. The first-order valence-corrected chi connectivity index (χ1v) is 8.76. The Labute approximate surface area is 148 Å². The van der Waals surface area contributed by atoms with Crippen LogP contribution in [0.15, 0.2) is 18.2 Å². The van der Waals surface area contributed by atoms with Crippen LogP contribution in [-0.2, 0) is 9.53 Å². The Bertz CT molecular complexity index is 696. The van der Waals surface area contributed by atoms with Gasteiger partial charge >= 0.3 is 0 Å². The third kappa shape index (κ3) is 3.35. The summed E-state index contributed by atoms with van der Waals surface area (Å²) in [5.41, 5.74) is 0.846. The molecule has 134 valence electrons. The van der Waals surface area contributed by atoms with Crippen molar-refractivity contribution in [1.82, 2.24) is 10.2 Å². The summed E-state index contributed by atoms with van der Waals surface area (Å²) in [6.45, 7) is 5.94. The highest BCUT2D eigenvalue weighted by Gasteiger charge is 2.49. The van der Waals surface area contributed by atoms with Crippen molar-refractivity contribution in [3.05, 3.63) is 29.3 Å². The number of fused-ring (bicyclic) bond motifs is 1. The molecule has 0 bridgehead atoms. The minimum atomic E-state index is -0.581. The molecule has 2 atom stereocenters. The number of rotatable bonds is 5. The van der Waals surface area contributed by atoms with Crippen molar-refractivity contribution < 1.29 is 14.3 Å². The molecule has 2 aliphatic heterocycles. The Morgan fingerprint density at radius 3 is 2.92 bits per heavy atom. The molecule has 0 spiro atoms. The van der Waals surface area contributed by atoms with Gasteiger partial charge in [-0.15, -0.1) is 0 Å². The van der Waals surface area contributed by atoms with E-state index in [0.717, 1.165) is 24.3 Å². The number of likely N-dealkylation sites (N-methyl/N-ethyl adjacent to an activating group) is 1. The lowest BCUT2D eigenvalue weighted by Crippen LogP contribution is -2.55. The highest BCUT2D eigenvalue weighted by atomic mass is 16.6. The van der Waals surface area contributed by atoms with Crippen LogP contribution in [0.1, 0.15) is 43.9 Å². The molecule has 0 saturated carbocycles. The second-order valence-corrected chi connectivity index (χ2v) is 7.10. The van der Waals surface area contributed by atoms with E-state index in [-0.39, 0.29) is 18.1 Å². The Hall–Kier alpha value is -2.10. The number of ether oxygens (including phenoxy) is 2. The molecule has 1 fully saturated rings. The van der Waals surface area contributed by atoms with Crippen LogP contribution >= 0.6 is 0 Å². The van der Waals surface area contributed by atoms with Gasteiger partial charge in [0, 0.05) is 25.1 Å². The van der Waals surface area contributed by atoms with E-state index in [1.54, 1.807) is 6.07 Å². The number of amides is 1. The largest absolute Gasteiger partial charge is 0.485 e. The SMILES string of the molecule is CNCCO[C@H]1C(N2CCCC2=O)c2cc(C#N)ccc2OC1(C)C. The zero-order chi connectivity index (χ0) is 18.0. The average Bonchev–Trinajstić information content (AvgIpc) is 3.00. The van der Waals surface area contributed by atoms with Crippen LogP contribution < -0.4 is 10.1 Å². The van der Waals surface area contributed by atoms with Gasteiger partial charge in [-0.3, -0.25) is 4.79 Å². The van der Waals surface area contributed by atoms with Crippen molar-refractivity contribution in [3.8, 4) is 11.8 Å². The summed E-state index contributed by atoms with van der Waals surface area (Å²) < 4.78 is 12.4. The van der Waals surface area contributed by atoms with E-state index in [2.05, 4.69) is 11.4 Å². The van der Waals surface area contributed by atoms with Gasteiger partial charge in [0.15, 0.2) is 0 Å². The lowest BCUT2D eigenvalue weighted by atomic mass is 9.84. The van der Waals surface area contributed by atoms with Crippen LogP contribution in [0.5, 0.6) is 5.75 Å². The van der Waals surface area contributed by atoms with E-state index in [4.69, 9.17) is 9.47 Å². The summed E-state index contributed by atoms with van der Waals surface area (Å²) in [5.74, 6) is 0.861. The van der Waals surface area contributed by atoms with Crippen LogP contribution in [0.3, 0.4) is 0 Å². The third-order valence-corrected chi connectivity index (χ3v) is 4.90. The molecule has 1 unspecified atom stereocenters. The molecule has 0 radical (unpaired) electrons. The molecule has 25 heavy (non-hydrogen) atoms. The zero-order valence-electron chi connectivity index (χ0n) is 15.0. The van der Waals surface area contributed by atoms with E-state index in [0.29, 0.717) is 25.1 Å². The van der Waals surface area contributed by atoms with Crippen molar-refractivity contribution in [2.24, 2.45) is 0 Å². The first kappa shape index (κ1) is 17.7. The summed E-state index contributed by atoms with van der Waals surface area (Å²) in [6, 6.07) is 7.35. The summed E-state index contributed by atoms with van der Waals surface area (Å²) in [5, 5.41) is 12.3. The fourth-order valence-electron chi connectivity index (χ4n) is 3.70. The summed E-state index contributed by atoms with van der Waals surface area (Å²) >= 11 is 0. The molecule has 0 aliphatic carbocycles. The van der Waals surface area contributed by atoms with Gasteiger partial charge in [-0.1, -0.05) is 0 Å². The topological polar surface area (TPSA) is 74.6 Å². The van der Waals surface area contributed by atoms with Crippen LogP contribution in [-0.4, -0.2) is 49.3 Å². The molecule has 2 aliphatic rings. The normalized spacial score (nSPS) is 24.6. The van der Waals surface area contributed by atoms with Gasteiger partial charge in [-0.2, -0.15) is 5.26 Å². The third-order valence-electron chi connectivity index (χ3n) is 4.90. The maximum atomic E-state index is 12.5. The van der Waals surface area contributed by atoms with Gasteiger partial charge in [0.25, 0.3) is 0 Å². The maximum absolute atomic E-state index is 12.5. The predicted octanol–water partition coefficient (Wildman–Crippen LogP) is 2.00. The van der Waals surface area contributed by atoms with Crippen LogP contribution in [0, 0.1) is 11.3 Å². The van der Waals surface area contributed by atoms with E-state index < -0.39 is 5.60 Å². The van der Waals surface area contributed by atoms with Gasteiger partial charge in [-0.25, -0.2) is 0 Å². The summed E-state index contributed by atoms with van der Waals surface area (Å²) in [4.78, 5) is 14.4. The molecule has 3 rings (SSSR count). The summed E-state index contributed by atoms with van der Waals surface area (Å²) in [6.07, 6.45) is 1.12. The monoisotopic (exact) mass is 343 g/mol. The van der Waals surface area contributed by atoms with Crippen molar-refractivity contribution in [1.29, 1.82) is 5.26 Å². The van der Waals surface area contributed by atoms with Crippen molar-refractivity contribution in [2.75, 3.05) is 26.7 Å². The Balaban J connectivity index is 2.04. The van der Waals surface area contributed by atoms with Crippen molar-refractivity contribution in [2.45, 2.75) is 44.4 Å². The first-order chi connectivity index (χ1) is 12.0. The fraction of sp³-hybridized carbons (Fsp3) is 0.579. The molecule has 1 amide bonds. The second-order valence-electron chi connectivity index (χ2n) is 7.10. The Morgan fingerprint density at radius 2 is 2.28 bits per heavy atom. The van der Waals surface area contributed by atoms with Crippen LogP contribution in [0.25, 0.3) is 0 Å². The highest BCUT2D eigenvalue weighted by molar-refractivity contribution is 5.79. The maximum Gasteiger partial charge on any atom is 0.223 e. The van der Waals surface area contributed by atoms with Crippen LogP contribution in [0.2, 0.25) is 0 Å². The molecule has 6 nitrogen and oxygen atoms in total. The number of nitrogens with one attached hydrogen (secondary N) is 1. The molecular weight excluding hydrogens is 318 g/mol. The number of nitriles is 1. The van der Waals surface area contributed by atoms with Gasteiger partial charge in [0.05, 0.1) is 24.3 Å². The van der Waals surface area contributed by atoms with Crippen molar-refractivity contribution >= 4 is 5.91 Å². The molecular formula is C19H25N3O3. The molecule has 1 aromatic carbocycles. The van der Waals surface area contributed by atoms with Gasteiger partial charge in [-0.05, 0) is 45.5 Å². The Kier molecular flexibility index (Phi) is 4.98. The molecule has 6 heteroatoms. The number of hydrogen-bond acceptors (Lipinski definition) is 5. The van der Waals surface area contributed by atoms with Crippen molar-refractivity contribution in [3.63, 3.8) is 0 Å². The number of benzene rings is 1. The van der Waals surface area contributed by atoms with E-state index in [1.807, 2.05) is 37.9 Å². The Morgan fingerprint density at radius 1 is 1.48 bits per heavy atom. The van der Waals surface area contributed by atoms with Crippen LogP contribution in [0.4, 0.5) is 0 Å². The van der Waals surface area contributed by atoms with E-state index in [1.165, 1.54) is 0 Å². The fourth-order valence-corrected chi connectivity index (χ4v) is 3.70. The average molecular weight is 343 g/mol. The molecule has 1 aromatic rings. The van der Waals surface area contributed by atoms with E-state index in [9.17, 15) is 10.1 Å². The molecule has 1 N–H and O–H groups in total. The lowest BCUT2D eigenvalue weighted by Gasteiger charge is -2.47. The predicted molar refractivity (Wildman–Crippen MR) is 93.2 cm³/mol. The lowest BCUT2D eigenvalue weighted by molar-refractivity contribution is -0.148. The minimum absolute atomic E-state index is 0.137. The zero-order valence-corrected chi connectivity index (χ0v) is 15.0. The smallest absolute Gasteiger partial charge is 0.223 e. The first-order valence-electron chi connectivity index (χ1n) is 8.76. The van der Waals surface area contributed by atoms with Gasteiger partial charge < -0.3 is 19.7 Å². The molecule has 1 saturated heterocycles. The van der Waals surface area contributed by atoms with Gasteiger partial charge in [0.2, 0.25) is 5.91 Å².